The Morgan fingerprint density at radius 2 is 1.82 bits per heavy atom. The molecule has 0 bridgehead atoms. The molecule has 1 fully saturated rings. The van der Waals surface area contributed by atoms with E-state index >= 15 is 0 Å². The van der Waals surface area contributed by atoms with Crippen LogP contribution in [0.25, 0.3) is 22.2 Å². The van der Waals surface area contributed by atoms with Gasteiger partial charge in [0.2, 0.25) is 5.91 Å². The maximum atomic E-state index is 14.1. The predicted molar refractivity (Wildman–Crippen MR) is 149 cm³/mol. The fraction of sp³-hybridized carbons (Fsp3) is 0.464. The van der Waals surface area contributed by atoms with Crippen LogP contribution in [-0.4, -0.2) is 93.2 Å². The second-order valence-electron chi connectivity index (χ2n) is 9.54. The maximum Gasteiger partial charge on any atom is 0.266 e. The number of H-pyrrole nitrogens is 1. The third-order valence-electron chi connectivity index (χ3n) is 6.68. The van der Waals surface area contributed by atoms with Crippen LogP contribution in [0.15, 0.2) is 53.4 Å². The highest BCUT2D eigenvalue weighted by molar-refractivity contribution is 7.97. The van der Waals surface area contributed by atoms with Crippen LogP contribution in [-0.2, 0) is 14.3 Å². The van der Waals surface area contributed by atoms with Gasteiger partial charge in [0.1, 0.15) is 0 Å². The fourth-order valence-electron chi connectivity index (χ4n) is 4.62. The molecule has 1 saturated heterocycles. The summed E-state index contributed by atoms with van der Waals surface area (Å²) in [5.74, 6) is -2.63. The summed E-state index contributed by atoms with van der Waals surface area (Å²) in [6, 6.07) is 16.0. The number of nitrogens with one attached hydrogen (secondary N) is 1. The van der Waals surface area contributed by atoms with Crippen LogP contribution in [0.3, 0.4) is 0 Å². The molecule has 1 amide bonds. The number of hydrogen-bond acceptors (Lipinski definition) is 6. The van der Waals surface area contributed by atoms with Gasteiger partial charge in [-0.3, -0.25) is 4.79 Å². The molecular formula is C28H36F2N4O3S. The number of amides is 1. The van der Waals surface area contributed by atoms with Gasteiger partial charge in [-0.1, -0.05) is 18.2 Å². The van der Waals surface area contributed by atoms with Crippen molar-refractivity contribution in [3.63, 3.8) is 0 Å². The number of ether oxygens (including phenoxy) is 2. The third-order valence-corrected chi connectivity index (χ3v) is 7.64. The van der Waals surface area contributed by atoms with Gasteiger partial charge < -0.3 is 24.3 Å². The largest absolute Gasteiger partial charge is 0.383 e. The van der Waals surface area contributed by atoms with E-state index in [0.29, 0.717) is 45.8 Å². The lowest BCUT2D eigenvalue weighted by Gasteiger charge is -2.24. The van der Waals surface area contributed by atoms with Crippen LogP contribution in [0, 0.1) is 0 Å². The standard InChI is InChI=1S/C28H36F2N4O3S/c1-32(12-10-27(35)33(14-16-36-2)15-17-37-3)38-22-8-9-26(34-13-11-28(29,30)20-34)23(19-22)25-18-21-6-4-5-7-24(21)31-25/h4-9,18-19,31H,10-17,20H2,1-3H3. The molecule has 3 aromatic rings. The van der Waals surface area contributed by atoms with E-state index in [-0.39, 0.29) is 18.9 Å². The highest BCUT2D eigenvalue weighted by Crippen LogP contribution is 2.40. The molecule has 1 aliphatic rings. The van der Waals surface area contributed by atoms with Crippen LogP contribution < -0.4 is 4.90 Å². The van der Waals surface area contributed by atoms with Crippen molar-refractivity contribution in [2.24, 2.45) is 0 Å². The highest BCUT2D eigenvalue weighted by atomic mass is 32.2. The zero-order chi connectivity index (χ0) is 27.1. The van der Waals surface area contributed by atoms with Gasteiger partial charge in [0.15, 0.2) is 0 Å². The Bertz CT molecular complexity index is 1180. The average Bonchev–Trinajstić information content (AvgIpc) is 3.50. The lowest BCUT2D eigenvalue weighted by molar-refractivity contribution is -0.132. The van der Waals surface area contributed by atoms with Gasteiger partial charge in [0, 0.05) is 86.0 Å². The molecule has 0 unspecified atom stereocenters. The Hall–Kier alpha value is -2.66. The fourth-order valence-corrected chi connectivity index (χ4v) is 5.47. The van der Waals surface area contributed by atoms with Crippen molar-refractivity contribution in [2.75, 3.05) is 72.1 Å². The van der Waals surface area contributed by atoms with E-state index in [4.69, 9.17) is 9.47 Å². The molecule has 1 aliphatic heterocycles. The number of aromatic amines is 1. The van der Waals surface area contributed by atoms with Gasteiger partial charge in [0.25, 0.3) is 5.92 Å². The topological polar surface area (TPSA) is 61.0 Å². The quantitative estimate of drug-likeness (QED) is 0.300. The van der Waals surface area contributed by atoms with Crippen molar-refractivity contribution < 1.29 is 23.0 Å². The summed E-state index contributed by atoms with van der Waals surface area (Å²) in [6.45, 7) is 2.61. The van der Waals surface area contributed by atoms with E-state index in [1.54, 1.807) is 24.0 Å². The van der Waals surface area contributed by atoms with Crippen LogP contribution in [0.5, 0.6) is 0 Å². The molecule has 2 aromatic carbocycles. The molecule has 0 aliphatic carbocycles. The number of carbonyl (C=O) groups excluding carboxylic acids is 1. The molecule has 0 radical (unpaired) electrons. The number of benzene rings is 2. The second kappa shape index (κ2) is 12.9. The summed E-state index contributed by atoms with van der Waals surface area (Å²) in [7, 11) is 5.19. The van der Waals surface area contributed by atoms with Crippen molar-refractivity contribution >= 4 is 34.4 Å². The monoisotopic (exact) mass is 546 g/mol. The average molecular weight is 547 g/mol. The SMILES string of the molecule is COCCN(CCOC)C(=O)CCN(C)Sc1ccc(N2CCC(F)(F)C2)c(-c2cc3ccccc3[nH]2)c1. The first-order valence-electron chi connectivity index (χ1n) is 12.8. The van der Waals surface area contributed by atoms with E-state index in [9.17, 15) is 13.6 Å². The summed E-state index contributed by atoms with van der Waals surface area (Å²) in [6.07, 6.45) is 0.227. The minimum absolute atomic E-state index is 0.0515. The Labute approximate surface area is 227 Å². The Balaban J connectivity index is 1.49. The van der Waals surface area contributed by atoms with Crippen LogP contribution >= 0.6 is 11.9 Å². The molecule has 10 heteroatoms. The number of halogens is 2. The maximum absolute atomic E-state index is 14.1. The van der Waals surface area contributed by atoms with Crippen LogP contribution in [0.2, 0.25) is 0 Å². The van der Waals surface area contributed by atoms with Crippen molar-refractivity contribution in [1.82, 2.24) is 14.2 Å². The zero-order valence-corrected chi connectivity index (χ0v) is 23.0. The van der Waals surface area contributed by atoms with E-state index < -0.39 is 5.92 Å². The molecule has 4 rings (SSSR count). The molecule has 206 valence electrons. The summed E-state index contributed by atoms with van der Waals surface area (Å²) in [4.78, 5) is 20.7. The van der Waals surface area contributed by atoms with Crippen LogP contribution in [0.1, 0.15) is 12.8 Å². The highest BCUT2D eigenvalue weighted by Gasteiger charge is 2.39. The van der Waals surface area contributed by atoms with Gasteiger partial charge in [0.05, 0.1) is 19.8 Å². The number of rotatable bonds is 13. The van der Waals surface area contributed by atoms with Gasteiger partial charge in [-0.15, -0.1) is 0 Å². The number of nitrogens with zero attached hydrogens (tertiary/aromatic N) is 3. The number of para-hydroxylation sites is 1. The molecule has 0 saturated carbocycles. The van der Waals surface area contributed by atoms with E-state index in [2.05, 4.69) is 11.1 Å². The lowest BCUT2D eigenvalue weighted by atomic mass is 10.1. The van der Waals surface area contributed by atoms with E-state index in [1.165, 1.54) is 11.9 Å². The van der Waals surface area contributed by atoms with Crippen molar-refractivity contribution in [3.05, 3.63) is 48.5 Å². The first-order valence-corrected chi connectivity index (χ1v) is 13.6. The first-order chi connectivity index (χ1) is 18.3. The molecule has 0 atom stereocenters. The normalized spacial score (nSPS) is 15.1. The zero-order valence-electron chi connectivity index (χ0n) is 22.2. The Kier molecular flexibility index (Phi) is 9.64. The number of aromatic nitrogens is 1. The molecule has 0 spiro atoms. The minimum atomic E-state index is -2.68. The van der Waals surface area contributed by atoms with Crippen LogP contribution in [0.4, 0.5) is 14.5 Å². The Morgan fingerprint density at radius 3 is 2.47 bits per heavy atom. The van der Waals surface area contributed by atoms with Gasteiger partial charge in [-0.2, -0.15) is 0 Å². The van der Waals surface area contributed by atoms with Gasteiger partial charge in [-0.05, 0) is 49.3 Å². The van der Waals surface area contributed by atoms with Gasteiger partial charge >= 0.3 is 0 Å². The van der Waals surface area contributed by atoms with Crippen molar-refractivity contribution in [1.29, 1.82) is 0 Å². The molecular weight excluding hydrogens is 510 g/mol. The predicted octanol–water partition coefficient (Wildman–Crippen LogP) is 5.13. The van der Waals surface area contributed by atoms with Crippen molar-refractivity contribution in [3.8, 4) is 11.3 Å². The Morgan fingerprint density at radius 1 is 1.08 bits per heavy atom. The van der Waals surface area contributed by atoms with Gasteiger partial charge in [-0.25, -0.2) is 13.1 Å². The first kappa shape index (κ1) is 28.4. The smallest absolute Gasteiger partial charge is 0.266 e. The molecule has 38 heavy (non-hydrogen) atoms. The number of anilines is 1. The summed E-state index contributed by atoms with van der Waals surface area (Å²) in [5.41, 5.74) is 3.57. The molecule has 2 heterocycles. The number of methoxy groups -OCH3 is 2. The summed E-state index contributed by atoms with van der Waals surface area (Å²) < 4.78 is 40.4. The number of alkyl halides is 2. The van der Waals surface area contributed by atoms with E-state index in [1.807, 2.05) is 53.8 Å². The lowest BCUT2D eigenvalue weighted by Crippen LogP contribution is -2.37. The second-order valence-corrected chi connectivity index (χ2v) is 10.8. The van der Waals surface area contributed by atoms with E-state index in [0.717, 1.165) is 32.7 Å². The van der Waals surface area contributed by atoms with Crippen molar-refractivity contribution in [2.45, 2.75) is 23.7 Å². The summed E-state index contributed by atoms with van der Waals surface area (Å²) >= 11 is 1.53. The minimum Gasteiger partial charge on any atom is -0.383 e. The number of hydrogen-bond donors (Lipinski definition) is 1. The number of fused-ring (bicyclic) bond motifs is 1. The summed E-state index contributed by atoms with van der Waals surface area (Å²) in [5, 5.41) is 1.07. The molecule has 7 nitrogen and oxygen atoms in total. The molecule has 1 aromatic heterocycles. The molecule has 1 N–H and O–H groups in total. The number of carbonyl (C=O) groups is 1. The third kappa shape index (κ3) is 7.25.